The molecule has 0 aromatic carbocycles. The molecule has 0 aliphatic heterocycles. The van der Waals surface area contributed by atoms with Crippen LogP contribution in [0.2, 0.25) is 0 Å². The summed E-state index contributed by atoms with van der Waals surface area (Å²) in [6.45, 7) is 6.79. The van der Waals surface area contributed by atoms with Crippen LogP contribution in [0.15, 0.2) is 0 Å². The average molecular weight is 127 g/mol. The molecule has 0 aromatic heterocycles. The number of nitrogens with one attached hydrogen (secondary N) is 1. The molecule has 1 N–H and O–H groups in total. The molecule has 1 unspecified atom stereocenters. The topological polar surface area (TPSA) is 12.0 Å². The molecule has 0 heterocycles. The predicted molar refractivity (Wildman–Crippen MR) is 40.5 cm³/mol. The zero-order chi connectivity index (χ0) is 6.85. The fraction of sp³-hybridized carbons (Fsp3) is 1.00. The largest absolute Gasteiger partial charge is 0.311 e. The van der Waals surface area contributed by atoms with Crippen LogP contribution in [0, 0.1) is 5.92 Å². The number of hydrogen-bond donors (Lipinski definition) is 1. The van der Waals surface area contributed by atoms with Crippen molar-refractivity contribution < 1.29 is 0 Å². The molecule has 0 amide bonds. The highest BCUT2D eigenvalue weighted by Gasteiger charge is 2.32. The van der Waals surface area contributed by atoms with E-state index in [1.807, 2.05) is 0 Å². The van der Waals surface area contributed by atoms with Crippen molar-refractivity contribution in [1.29, 1.82) is 0 Å². The van der Waals surface area contributed by atoms with Gasteiger partial charge >= 0.3 is 0 Å². The van der Waals surface area contributed by atoms with Crippen molar-refractivity contribution in [2.75, 3.05) is 0 Å². The Balaban J connectivity index is 2.05. The monoisotopic (exact) mass is 127 g/mol. The zero-order valence-electron chi connectivity index (χ0n) is 6.65. The van der Waals surface area contributed by atoms with Gasteiger partial charge < -0.3 is 5.32 Å². The fourth-order valence-electron chi connectivity index (χ4n) is 1.04. The Morgan fingerprint density at radius 3 is 2.56 bits per heavy atom. The van der Waals surface area contributed by atoms with E-state index >= 15 is 0 Å². The summed E-state index contributed by atoms with van der Waals surface area (Å²) < 4.78 is 0. The standard InChI is InChI=1S/C8H17N/c1-4-7(3)9-8-5-6(8)2/h6-9H,4-5H2,1-3H3/t6-,7?,8-/m1/s1. The van der Waals surface area contributed by atoms with E-state index in [0.29, 0.717) is 0 Å². The third-order valence-electron chi connectivity index (χ3n) is 2.22. The molecule has 0 aromatic rings. The van der Waals surface area contributed by atoms with E-state index in [4.69, 9.17) is 0 Å². The Morgan fingerprint density at radius 1 is 1.67 bits per heavy atom. The highest BCUT2D eigenvalue weighted by Crippen LogP contribution is 2.29. The van der Waals surface area contributed by atoms with Gasteiger partial charge in [-0.05, 0) is 25.7 Å². The molecule has 1 rings (SSSR count). The van der Waals surface area contributed by atoms with E-state index < -0.39 is 0 Å². The Kier molecular flexibility index (Phi) is 2.12. The maximum atomic E-state index is 3.55. The van der Waals surface area contributed by atoms with Gasteiger partial charge in [0.1, 0.15) is 0 Å². The molecule has 1 fully saturated rings. The first-order valence-electron chi connectivity index (χ1n) is 4.00. The third-order valence-corrected chi connectivity index (χ3v) is 2.22. The summed E-state index contributed by atoms with van der Waals surface area (Å²) >= 11 is 0. The van der Waals surface area contributed by atoms with E-state index in [2.05, 4.69) is 26.1 Å². The smallest absolute Gasteiger partial charge is 0.00988 e. The van der Waals surface area contributed by atoms with Crippen LogP contribution in [0.25, 0.3) is 0 Å². The van der Waals surface area contributed by atoms with Gasteiger partial charge in [-0.3, -0.25) is 0 Å². The van der Waals surface area contributed by atoms with Gasteiger partial charge in [0.05, 0.1) is 0 Å². The molecule has 0 radical (unpaired) electrons. The molecular weight excluding hydrogens is 110 g/mol. The summed E-state index contributed by atoms with van der Waals surface area (Å²) in [4.78, 5) is 0. The van der Waals surface area contributed by atoms with Gasteiger partial charge in [-0.2, -0.15) is 0 Å². The Hall–Kier alpha value is -0.0400. The lowest BCUT2D eigenvalue weighted by Gasteiger charge is -2.09. The van der Waals surface area contributed by atoms with Gasteiger partial charge in [-0.15, -0.1) is 0 Å². The van der Waals surface area contributed by atoms with E-state index in [0.717, 1.165) is 18.0 Å². The minimum atomic E-state index is 0.722. The normalized spacial score (nSPS) is 36.3. The maximum absolute atomic E-state index is 3.55. The summed E-state index contributed by atoms with van der Waals surface area (Å²) in [5.41, 5.74) is 0. The van der Waals surface area contributed by atoms with Gasteiger partial charge in [0.2, 0.25) is 0 Å². The van der Waals surface area contributed by atoms with Crippen LogP contribution in [0.3, 0.4) is 0 Å². The number of rotatable bonds is 3. The SMILES string of the molecule is CCC(C)N[C@@H]1C[C@H]1C. The molecule has 1 aliphatic rings. The van der Waals surface area contributed by atoms with E-state index in [9.17, 15) is 0 Å². The van der Waals surface area contributed by atoms with Gasteiger partial charge in [-0.25, -0.2) is 0 Å². The van der Waals surface area contributed by atoms with E-state index in [1.165, 1.54) is 12.8 Å². The minimum absolute atomic E-state index is 0.722. The van der Waals surface area contributed by atoms with Gasteiger partial charge in [0.15, 0.2) is 0 Å². The Bertz CT molecular complexity index is 88.6. The molecule has 3 atom stereocenters. The molecule has 0 saturated heterocycles. The highest BCUT2D eigenvalue weighted by atomic mass is 15.0. The van der Waals surface area contributed by atoms with Crippen LogP contribution >= 0.6 is 0 Å². The lowest BCUT2D eigenvalue weighted by Crippen LogP contribution is -2.28. The third kappa shape index (κ3) is 1.98. The summed E-state index contributed by atoms with van der Waals surface area (Å²) in [5, 5.41) is 3.55. The first-order chi connectivity index (χ1) is 4.24. The van der Waals surface area contributed by atoms with Crippen LogP contribution in [0.5, 0.6) is 0 Å². The van der Waals surface area contributed by atoms with Crippen molar-refractivity contribution >= 4 is 0 Å². The van der Waals surface area contributed by atoms with Crippen LogP contribution < -0.4 is 5.32 Å². The molecule has 9 heavy (non-hydrogen) atoms. The van der Waals surface area contributed by atoms with Crippen LogP contribution in [-0.2, 0) is 0 Å². The van der Waals surface area contributed by atoms with Crippen molar-refractivity contribution in [2.24, 2.45) is 5.92 Å². The van der Waals surface area contributed by atoms with Crippen LogP contribution in [0.1, 0.15) is 33.6 Å². The van der Waals surface area contributed by atoms with Crippen molar-refractivity contribution in [3.63, 3.8) is 0 Å². The molecule has 1 aliphatic carbocycles. The van der Waals surface area contributed by atoms with Gasteiger partial charge in [-0.1, -0.05) is 13.8 Å². The summed E-state index contributed by atoms with van der Waals surface area (Å²) in [5.74, 6) is 0.944. The summed E-state index contributed by atoms with van der Waals surface area (Å²) in [7, 11) is 0. The van der Waals surface area contributed by atoms with Gasteiger partial charge in [0.25, 0.3) is 0 Å². The molecule has 1 heteroatoms. The first-order valence-corrected chi connectivity index (χ1v) is 4.00. The van der Waals surface area contributed by atoms with Crippen molar-refractivity contribution in [2.45, 2.75) is 45.7 Å². The van der Waals surface area contributed by atoms with Crippen molar-refractivity contribution in [1.82, 2.24) is 5.32 Å². The molecule has 54 valence electrons. The van der Waals surface area contributed by atoms with Gasteiger partial charge in [0, 0.05) is 12.1 Å². The lowest BCUT2D eigenvalue weighted by atomic mass is 10.2. The molecule has 1 nitrogen and oxygen atoms in total. The highest BCUT2D eigenvalue weighted by molar-refractivity contribution is 4.90. The zero-order valence-corrected chi connectivity index (χ0v) is 6.65. The van der Waals surface area contributed by atoms with Crippen molar-refractivity contribution in [3.05, 3.63) is 0 Å². The second-order valence-electron chi connectivity index (χ2n) is 3.30. The second-order valence-corrected chi connectivity index (χ2v) is 3.30. The minimum Gasteiger partial charge on any atom is -0.311 e. The van der Waals surface area contributed by atoms with E-state index in [-0.39, 0.29) is 0 Å². The molecule has 0 bridgehead atoms. The summed E-state index contributed by atoms with van der Waals surface area (Å²) in [6.07, 6.45) is 2.65. The molecule has 0 spiro atoms. The molecular formula is C8H17N. The lowest BCUT2D eigenvalue weighted by molar-refractivity contribution is 0.517. The Morgan fingerprint density at radius 2 is 2.22 bits per heavy atom. The average Bonchev–Trinajstić information content (AvgIpc) is 2.47. The van der Waals surface area contributed by atoms with Crippen LogP contribution in [-0.4, -0.2) is 12.1 Å². The second kappa shape index (κ2) is 2.70. The Labute approximate surface area is 57.8 Å². The van der Waals surface area contributed by atoms with Crippen molar-refractivity contribution in [3.8, 4) is 0 Å². The first kappa shape index (κ1) is 7.07. The maximum Gasteiger partial charge on any atom is 0.00988 e. The quantitative estimate of drug-likeness (QED) is 0.609. The predicted octanol–water partition coefficient (Wildman–Crippen LogP) is 1.78. The molecule has 1 saturated carbocycles. The number of hydrogen-bond acceptors (Lipinski definition) is 1. The van der Waals surface area contributed by atoms with Crippen LogP contribution in [0.4, 0.5) is 0 Å². The fourth-order valence-corrected chi connectivity index (χ4v) is 1.04. The van der Waals surface area contributed by atoms with E-state index in [1.54, 1.807) is 0 Å². The summed E-state index contributed by atoms with van der Waals surface area (Å²) in [6, 6.07) is 1.57.